The summed E-state index contributed by atoms with van der Waals surface area (Å²) in [4.78, 5) is 11.3. The van der Waals surface area contributed by atoms with Crippen LogP contribution >= 0.6 is 0 Å². The van der Waals surface area contributed by atoms with Gasteiger partial charge in [-0.3, -0.25) is 0 Å². The largest absolute Gasteiger partial charge is 0.444 e. The number of aliphatic hydroxyl groups is 1. The number of ether oxygens (including phenoxy) is 1. The molecule has 2 N–H and O–H groups in total. The summed E-state index contributed by atoms with van der Waals surface area (Å²) in [6, 6.07) is 0.0925. The van der Waals surface area contributed by atoms with Gasteiger partial charge in [0, 0.05) is 18.6 Å². The Morgan fingerprint density at radius 2 is 2.14 bits per heavy atom. The quantitative estimate of drug-likeness (QED) is 0.707. The van der Waals surface area contributed by atoms with Crippen LogP contribution in [0.5, 0.6) is 0 Å². The lowest BCUT2D eigenvalue weighted by Crippen LogP contribution is -2.49. The summed E-state index contributed by atoms with van der Waals surface area (Å²) < 4.78 is 5.11. The Morgan fingerprint density at radius 3 is 2.50 bits per heavy atom. The number of amides is 1. The fourth-order valence-electron chi connectivity index (χ4n) is 1.44. The number of carbonyl (C=O) groups excluding carboxylic acids is 1. The van der Waals surface area contributed by atoms with Gasteiger partial charge >= 0.3 is 6.09 Å². The molecule has 0 aromatic carbocycles. The number of hydrogen-bond donors (Lipinski definition) is 2. The highest BCUT2D eigenvalue weighted by Crippen LogP contribution is 2.26. The second-order valence-electron chi connectivity index (χ2n) is 4.77. The van der Waals surface area contributed by atoms with E-state index in [1.165, 1.54) is 0 Å². The molecule has 0 bridgehead atoms. The molecule has 14 heavy (non-hydrogen) atoms. The highest BCUT2D eigenvalue weighted by Gasteiger charge is 2.32. The number of aliphatic hydroxyl groups excluding tert-OH is 1. The van der Waals surface area contributed by atoms with Gasteiger partial charge < -0.3 is 15.2 Å². The average Bonchev–Trinajstić information content (AvgIpc) is 1.96. The van der Waals surface area contributed by atoms with Crippen molar-refractivity contribution >= 4 is 6.09 Å². The number of alkyl carbamates (subject to hydrolysis) is 1. The molecule has 1 amide bonds. The van der Waals surface area contributed by atoms with Crippen molar-refractivity contribution in [1.82, 2.24) is 5.32 Å². The van der Waals surface area contributed by atoms with E-state index in [1.54, 1.807) is 0 Å². The first-order valence-electron chi connectivity index (χ1n) is 5.03. The molecule has 0 aliphatic heterocycles. The topological polar surface area (TPSA) is 58.6 Å². The molecule has 0 heterocycles. The van der Waals surface area contributed by atoms with E-state index < -0.39 is 5.60 Å². The van der Waals surface area contributed by atoms with Gasteiger partial charge in [-0.05, 0) is 33.6 Å². The predicted octanol–water partition coefficient (Wildman–Crippen LogP) is 1.28. The van der Waals surface area contributed by atoms with Crippen molar-refractivity contribution in [3.05, 3.63) is 0 Å². The van der Waals surface area contributed by atoms with Crippen LogP contribution in [-0.2, 0) is 4.74 Å². The molecule has 2 atom stereocenters. The minimum absolute atomic E-state index is 0.0925. The SMILES string of the molecule is CC(C)(C)OC(=O)N[C@@H]1CCC1CO. The minimum atomic E-state index is -0.456. The molecule has 0 saturated heterocycles. The van der Waals surface area contributed by atoms with Crippen LogP contribution in [0.25, 0.3) is 0 Å². The first kappa shape index (κ1) is 11.3. The highest BCUT2D eigenvalue weighted by molar-refractivity contribution is 5.68. The summed E-state index contributed by atoms with van der Waals surface area (Å²) in [6.07, 6.45) is 1.53. The monoisotopic (exact) mass is 201 g/mol. The van der Waals surface area contributed by atoms with Crippen LogP contribution in [0.4, 0.5) is 4.79 Å². The Bertz CT molecular complexity index is 208. The van der Waals surface area contributed by atoms with Crippen molar-refractivity contribution in [2.45, 2.75) is 45.3 Å². The van der Waals surface area contributed by atoms with Gasteiger partial charge in [0.25, 0.3) is 0 Å². The van der Waals surface area contributed by atoms with Gasteiger partial charge in [-0.25, -0.2) is 4.79 Å². The van der Waals surface area contributed by atoms with Crippen molar-refractivity contribution in [3.8, 4) is 0 Å². The maximum atomic E-state index is 11.3. The number of rotatable bonds is 2. The Balaban J connectivity index is 2.27. The number of nitrogens with one attached hydrogen (secondary N) is 1. The Morgan fingerprint density at radius 1 is 1.50 bits per heavy atom. The van der Waals surface area contributed by atoms with Crippen LogP contribution in [0.15, 0.2) is 0 Å². The summed E-state index contributed by atoms with van der Waals surface area (Å²) in [6.45, 7) is 5.63. The van der Waals surface area contributed by atoms with Gasteiger partial charge in [0.05, 0.1) is 0 Å². The summed E-state index contributed by atoms with van der Waals surface area (Å²) in [7, 11) is 0. The zero-order valence-electron chi connectivity index (χ0n) is 9.04. The predicted molar refractivity (Wildman–Crippen MR) is 53.0 cm³/mol. The zero-order chi connectivity index (χ0) is 10.8. The molecule has 1 saturated carbocycles. The number of hydrogen-bond acceptors (Lipinski definition) is 3. The van der Waals surface area contributed by atoms with E-state index >= 15 is 0 Å². The maximum absolute atomic E-state index is 11.3. The van der Waals surface area contributed by atoms with Crippen LogP contribution in [0.3, 0.4) is 0 Å². The lowest BCUT2D eigenvalue weighted by molar-refractivity contribution is 0.0389. The van der Waals surface area contributed by atoms with Crippen molar-refractivity contribution in [1.29, 1.82) is 0 Å². The second-order valence-corrected chi connectivity index (χ2v) is 4.77. The molecular formula is C10H19NO3. The van der Waals surface area contributed by atoms with E-state index in [4.69, 9.17) is 9.84 Å². The molecule has 0 spiro atoms. The maximum Gasteiger partial charge on any atom is 0.407 e. The Kier molecular flexibility index (Phi) is 3.37. The molecule has 4 heteroatoms. The molecule has 1 aliphatic rings. The molecule has 0 radical (unpaired) electrons. The molecule has 4 nitrogen and oxygen atoms in total. The molecule has 0 aromatic heterocycles. The highest BCUT2D eigenvalue weighted by atomic mass is 16.6. The van der Waals surface area contributed by atoms with Crippen LogP contribution in [0.1, 0.15) is 33.6 Å². The van der Waals surface area contributed by atoms with E-state index in [9.17, 15) is 4.79 Å². The van der Waals surface area contributed by atoms with Gasteiger partial charge in [0.15, 0.2) is 0 Å². The Hall–Kier alpha value is -0.770. The molecule has 1 rings (SSSR count). The van der Waals surface area contributed by atoms with Gasteiger partial charge in [0.2, 0.25) is 0 Å². The number of carbonyl (C=O) groups is 1. The fourth-order valence-corrected chi connectivity index (χ4v) is 1.44. The van der Waals surface area contributed by atoms with Crippen LogP contribution in [0, 0.1) is 5.92 Å². The van der Waals surface area contributed by atoms with Gasteiger partial charge in [-0.1, -0.05) is 0 Å². The molecule has 0 aromatic rings. The van der Waals surface area contributed by atoms with E-state index in [1.807, 2.05) is 20.8 Å². The molecule has 1 fully saturated rings. The van der Waals surface area contributed by atoms with Crippen LogP contribution < -0.4 is 5.32 Å². The molecule has 1 aliphatic carbocycles. The standard InChI is InChI=1S/C10H19NO3/c1-10(2,3)14-9(13)11-8-5-4-7(8)6-12/h7-8,12H,4-6H2,1-3H3,(H,11,13)/t7?,8-/m1/s1. The lowest BCUT2D eigenvalue weighted by Gasteiger charge is -2.36. The third kappa shape index (κ3) is 3.18. The normalized spacial score (nSPS) is 26.6. The average molecular weight is 201 g/mol. The van der Waals surface area contributed by atoms with E-state index in [0.29, 0.717) is 0 Å². The van der Waals surface area contributed by atoms with Crippen molar-refractivity contribution in [3.63, 3.8) is 0 Å². The zero-order valence-corrected chi connectivity index (χ0v) is 9.04. The van der Waals surface area contributed by atoms with Gasteiger partial charge in [0.1, 0.15) is 5.60 Å². The van der Waals surface area contributed by atoms with Crippen molar-refractivity contribution in [2.24, 2.45) is 5.92 Å². The van der Waals surface area contributed by atoms with Crippen LogP contribution in [0.2, 0.25) is 0 Å². The third-order valence-electron chi connectivity index (χ3n) is 2.35. The van der Waals surface area contributed by atoms with Gasteiger partial charge in [-0.15, -0.1) is 0 Å². The van der Waals surface area contributed by atoms with Crippen molar-refractivity contribution in [2.75, 3.05) is 6.61 Å². The minimum Gasteiger partial charge on any atom is -0.444 e. The Labute approximate surface area is 84.6 Å². The van der Waals surface area contributed by atoms with E-state index in [0.717, 1.165) is 12.8 Å². The molecule has 82 valence electrons. The summed E-state index contributed by atoms with van der Waals surface area (Å²) in [5.74, 6) is 0.211. The molecular weight excluding hydrogens is 182 g/mol. The molecule has 1 unspecified atom stereocenters. The first-order chi connectivity index (χ1) is 6.42. The second kappa shape index (κ2) is 4.17. The summed E-state index contributed by atoms with van der Waals surface area (Å²) in [5, 5.41) is 11.7. The summed E-state index contributed by atoms with van der Waals surface area (Å²) in [5.41, 5.74) is -0.456. The first-order valence-corrected chi connectivity index (χ1v) is 5.03. The van der Waals surface area contributed by atoms with E-state index in [2.05, 4.69) is 5.32 Å². The fraction of sp³-hybridized carbons (Fsp3) is 0.900. The van der Waals surface area contributed by atoms with Crippen LogP contribution in [-0.4, -0.2) is 29.4 Å². The van der Waals surface area contributed by atoms with Crippen molar-refractivity contribution < 1.29 is 14.6 Å². The lowest BCUT2D eigenvalue weighted by atomic mass is 9.80. The smallest absolute Gasteiger partial charge is 0.407 e. The van der Waals surface area contributed by atoms with Gasteiger partial charge in [-0.2, -0.15) is 0 Å². The third-order valence-corrected chi connectivity index (χ3v) is 2.35. The summed E-state index contributed by atoms with van der Waals surface area (Å²) >= 11 is 0. The van der Waals surface area contributed by atoms with E-state index in [-0.39, 0.29) is 24.7 Å².